The number of hydrogen-bond acceptors (Lipinski definition) is 24. The lowest BCUT2D eigenvalue weighted by Gasteiger charge is -2.16. The van der Waals surface area contributed by atoms with Gasteiger partial charge in [-0.15, -0.1) is 0 Å². The summed E-state index contributed by atoms with van der Waals surface area (Å²) in [7, 11) is 0. The Morgan fingerprint density at radius 3 is 0.891 bits per heavy atom. The van der Waals surface area contributed by atoms with Crippen LogP contribution in [0.2, 0.25) is 0 Å². The van der Waals surface area contributed by atoms with Gasteiger partial charge in [0.05, 0.1) is 68.0 Å². The molecule has 708 valence electrons. The number of aliphatic hydroxyl groups excluding tert-OH is 7. The van der Waals surface area contributed by atoms with E-state index in [-0.39, 0.29) is 106 Å². The van der Waals surface area contributed by atoms with Crippen molar-refractivity contribution in [2.45, 2.75) is 129 Å². The predicted octanol–water partition coefficient (Wildman–Crippen LogP) is 15.1. The SMILES string of the molecule is Nc1ccc(Oc2ccnc3cc(CO)c(CO)cc23)cc1.O=C(Cc1ccc(F)cc1)C1(C(=O)Cc2ccc(Oc3ccnc4cc(CO)c(CO)cc34)cc2)CC1.O=C(Cl)C1(C(=O)Cc2ccc(F)cc2)CC1.O=C(Nc1ccc(F)cc1)C1(C(=O)Nc2ccc(Oc3ccnc4cc(CO)c(CO)cc34)cc2)CC1.O=C(O)C1(C(=O)Cc2ccc(F)cc2)CC1.O=C(O)C[C@H](O)C(=O)O. The summed E-state index contributed by atoms with van der Waals surface area (Å²) in [6.07, 6.45) is 6.65. The molecule has 1 atom stereocenters. The third-order valence-electron chi connectivity index (χ3n) is 23.4. The number of hydrogen-bond donors (Lipinski definition) is 13. The number of aliphatic hydroxyl groups is 7. The second-order valence-electron chi connectivity index (χ2n) is 32.9. The normalized spacial score (nSPS) is 14.0. The van der Waals surface area contributed by atoms with Gasteiger partial charge in [-0.3, -0.25) is 58.1 Å². The van der Waals surface area contributed by atoms with Gasteiger partial charge in [-0.1, -0.05) is 48.5 Å². The number of carbonyl (C=O) groups excluding carboxylic acids is 7. The summed E-state index contributed by atoms with van der Waals surface area (Å²) in [5.41, 5.74) is 11.6. The monoisotopic (exact) mass is 1890 g/mol. The molecule has 14 N–H and O–H groups in total. The van der Waals surface area contributed by atoms with Crippen LogP contribution in [0.4, 0.5) is 34.6 Å². The number of nitrogens with zero attached hydrogens (tertiary/aromatic N) is 3. The molecule has 2 amide bonds. The first-order valence-corrected chi connectivity index (χ1v) is 43.3. The Kier molecular flexibility index (Phi) is 33.5. The molecular weight excluding hydrogens is 1800 g/mol. The van der Waals surface area contributed by atoms with Crippen LogP contribution in [0.15, 0.2) is 243 Å². The molecule has 0 saturated heterocycles. The summed E-state index contributed by atoms with van der Waals surface area (Å²) in [5.74, 6) is -3.40. The molecule has 13 aromatic rings. The van der Waals surface area contributed by atoms with Crippen molar-refractivity contribution in [2.24, 2.45) is 21.7 Å². The Hall–Kier alpha value is -14.9. The molecule has 3 aromatic heterocycles. The third-order valence-corrected chi connectivity index (χ3v) is 23.8. The summed E-state index contributed by atoms with van der Waals surface area (Å²) in [5, 5.41) is 97.3. The number of carboxylic acid groups (broad SMARTS) is 3. The number of nitrogens with two attached hydrogens (primary N) is 1. The quantitative estimate of drug-likeness (QED) is 0.00786. The van der Waals surface area contributed by atoms with Crippen LogP contribution in [0.1, 0.15) is 113 Å². The van der Waals surface area contributed by atoms with Crippen molar-refractivity contribution in [1.29, 1.82) is 0 Å². The van der Waals surface area contributed by atoms with Crippen molar-refractivity contribution in [3.05, 3.63) is 322 Å². The fourth-order valence-corrected chi connectivity index (χ4v) is 14.9. The second-order valence-corrected chi connectivity index (χ2v) is 33.2. The van der Waals surface area contributed by atoms with E-state index >= 15 is 0 Å². The van der Waals surface area contributed by atoms with Crippen LogP contribution in [0.3, 0.4) is 0 Å². The number of aliphatic carboxylic acids is 3. The van der Waals surface area contributed by atoms with Gasteiger partial charge in [0, 0.05) is 77.5 Å². The minimum atomic E-state index is -1.79. The lowest BCUT2D eigenvalue weighted by molar-refractivity contribution is -0.153. The van der Waals surface area contributed by atoms with Crippen LogP contribution in [0.5, 0.6) is 34.5 Å². The van der Waals surface area contributed by atoms with Crippen LogP contribution in [0.25, 0.3) is 32.7 Å². The maximum Gasteiger partial charge on any atom is 0.333 e. The zero-order valence-electron chi connectivity index (χ0n) is 73.2. The van der Waals surface area contributed by atoms with Gasteiger partial charge in [-0.25, -0.2) is 22.4 Å². The van der Waals surface area contributed by atoms with E-state index in [0.29, 0.717) is 180 Å². The van der Waals surface area contributed by atoms with E-state index in [0.717, 1.165) is 10.9 Å². The van der Waals surface area contributed by atoms with E-state index in [9.17, 15) is 96.1 Å². The van der Waals surface area contributed by atoms with Crippen molar-refractivity contribution < 1.29 is 131 Å². The number of ketones is 4. The topological polar surface area (TPSA) is 489 Å². The summed E-state index contributed by atoms with van der Waals surface area (Å²) < 4.78 is 69.5. The van der Waals surface area contributed by atoms with Gasteiger partial charge in [0.2, 0.25) is 17.1 Å². The summed E-state index contributed by atoms with van der Waals surface area (Å²) in [6, 6.07) is 59.1. The Balaban J connectivity index is 0.000000156. The van der Waals surface area contributed by atoms with Crippen LogP contribution < -0.4 is 30.6 Å². The van der Waals surface area contributed by atoms with Gasteiger partial charge in [-0.05, 0) is 295 Å². The molecule has 0 aliphatic heterocycles. The first kappa shape index (κ1) is 101. The maximum absolute atomic E-state index is 13.2. The number of amides is 2. The summed E-state index contributed by atoms with van der Waals surface area (Å²) in [6.45, 7) is -1.13. The molecular formula is C103H93ClF4N6O23. The number of rotatable bonds is 33. The van der Waals surface area contributed by atoms with Gasteiger partial charge >= 0.3 is 17.9 Å². The zero-order chi connectivity index (χ0) is 98.5. The number of nitrogen functional groups attached to an aromatic ring is 1. The highest BCUT2D eigenvalue weighted by atomic mass is 35.5. The number of nitrogens with one attached hydrogen (secondary N) is 2. The average molecular weight is 1890 g/mol. The number of ether oxygens (including phenoxy) is 3. The van der Waals surface area contributed by atoms with Gasteiger partial charge < -0.3 is 81.6 Å². The van der Waals surface area contributed by atoms with Crippen molar-refractivity contribution in [3.8, 4) is 34.5 Å². The van der Waals surface area contributed by atoms with E-state index in [1.54, 1.807) is 170 Å². The average Bonchev–Trinajstić information content (AvgIpc) is 1.59. The molecule has 4 saturated carbocycles. The zero-order valence-corrected chi connectivity index (χ0v) is 74.0. The van der Waals surface area contributed by atoms with Crippen LogP contribution in [-0.2, 0) is 113 Å². The van der Waals surface area contributed by atoms with Gasteiger partial charge in [0.25, 0.3) is 0 Å². The molecule has 10 aromatic carbocycles. The van der Waals surface area contributed by atoms with Crippen LogP contribution in [-0.4, -0.2) is 130 Å². The predicted molar refractivity (Wildman–Crippen MR) is 493 cm³/mol. The molecule has 4 fully saturated rings. The second kappa shape index (κ2) is 45.4. The molecule has 3 heterocycles. The molecule has 137 heavy (non-hydrogen) atoms. The molecule has 17 rings (SSSR count). The first-order valence-electron chi connectivity index (χ1n) is 42.9. The standard InChI is InChI=1S/C30H26FNO5.C28H24FN3O5.C17H16N2O3.C12H10ClFO2.C12H11FO3.C4H6O5/c31-23-5-1-19(2-6-23)13-28(35)30(10-11-30)29(36)14-20-3-7-24(8-4-20)37-27-9-12-32-26-16-22(18-34)21(17-33)15-25(26)27;29-19-1-3-20(4-2-19)31-26(35)28(10-11-28)27(36)32-21-5-7-22(8-6-21)37-25-9-12-30-24-14-18(16-34)17(15-33)13-23(24)25;18-13-1-3-14(4-2-13)22-17-5-6-19-16-8-12(10-21)11(9-20)7-15(16)17;13-11(16)12(5-6-12)10(15)7-8-1-3-9(14)4-2-8;13-9-3-1-8(2-4-9)7-10(14)12(5-6-12)11(15)16;5-2(4(8)9)1-3(6)7/h1-9,12,15-16,33-34H,10-11,13-14,17-18H2;1-9,12-14,33-34H,10-11,15-16H2,(H,31,35)(H,32,36);1-8,20-21H,9-10,18H2;1-4H,5-7H2;1-4H,5-7H2,(H,15,16);2,5H,1H2,(H,6,7)(H,8,9)/t;;;;;2-/m.....0/s1. The van der Waals surface area contributed by atoms with E-state index < -0.39 is 75.0 Å². The Bertz CT molecular complexity index is 6300. The molecule has 0 unspecified atom stereocenters. The number of carboxylic acids is 3. The highest BCUT2D eigenvalue weighted by molar-refractivity contribution is 6.67. The van der Waals surface area contributed by atoms with Gasteiger partial charge in [0.1, 0.15) is 74.0 Å². The lowest BCUT2D eigenvalue weighted by Crippen LogP contribution is -2.35. The van der Waals surface area contributed by atoms with E-state index in [1.165, 1.54) is 72.8 Å². The first-order chi connectivity index (χ1) is 65.7. The molecule has 29 nitrogen and oxygen atoms in total. The largest absolute Gasteiger partial charge is 0.481 e. The smallest absolute Gasteiger partial charge is 0.333 e. The van der Waals surface area contributed by atoms with Crippen molar-refractivity contribution in [2.75, 3.05) is 16.4 Å². The molecule has 0 spiro atoms. The molecule has 0 bridgehead atoms. The number of Topliss-reactive ketones (excluding diaryl/α,β-unsaturated/α-hetero) is 4. The van der Waals surface area contributed by atoms with E-state index in [4.69, 9.17) is 52.0 Å². The molecule has 34 heteroatoms. The maximum atomic E-state index is 13.2. The van der Waals surface area contributed by atoms with E-state index in [2.05, 4.69) is 25.6 Å². The van der Waals surface area contributed by atoms with Crippen molar-refractivity contribution in [3.63, 3.8) is 0 Å². The fraction of sp³-hybridized carbons (Fsp3) is 0.233. The van der Waals surface area contributed by atoms with E-state index in [1.807, 2.05) is 0 Å². The van der Waals surface area contributed by atoms with Gasteiger partial charge in [0.15, 0.2) is 29.2 Å². The lowest BCUT2D eigenvalue weighted by atomic mass is 9.88. The highest BCUT2D eigenvalue weighted by Gasteiger charge is 2.58. The summed E-state index contributed by atoms with van der Waals surface area (Å²) >= 11 is 5.40. The van der Waals surface area contributed by atoms with Crippen molar-refractivity contribution >= 4 is 119 Å². The van der Waals surface area contributed by atoms with Gasteiger partial charge in [-0.2, -0.15) is 0 Å². The minimum absolute atomic E-state index is 0.0621. The Morgan fingerprint density at radius 2 is 0.620 bits per heavy atom. The number of halogens is 5. The van der Waals surface area contributed by atoms with Crippen molar-refractivity contribution in [1.82, 2.24) is 15.0 Å². The third kappa shape index (κ3) is 26.0. The Labute approximate surface area is 784 Å². The Morgan fingerprint density at radius 1 is 0.358 bits per heavy atom. The van der Waals surface area contributed by atoms with Crippen LogP contribution >= 0.6 is 11.6 Å². The number of carbonyl (C=O) groups is 10. The minimum Gasteiger partial charge on any atom is -0.481 e. The fourth-order valence-electron chi connectivity index (χ4n) is 14.6. The number of pyridine rings is 3. The highest BCUT2D eigenvalue weighted by Crippen LogP contribution is 2.52. The van der Waals surface area contributed by atoms with Crippen LogP contribution in [0, 0.1) is 44.9 Å². The number of fused-ring (bicyclic) bond motifs is 3. The number of benzene rings is 10. The number of anilines is 3. The molecule has 4 aliphatic carbocycles. The summed E-state index contributed by atoms with van der Waals surface area (Å²) in [4.78, 5) is 130. The molecule has 0 radical (unpaired) electrons. The molecule has 4 aliphatic rings. The number of aromatic nitrogens is 3.